The van der Waals surface area contributed by atoms with Gasteiger partial charge in [-0.25, -0.2) is 9.97 Å². The van der Waals surface area contributed by atoms with E-state index in [0.717, 1.165) is 52.8 Å². The molecule has 1 saturated heterocycles. The van der Waals surface area contributed by atoms with Gasteiger partial charge in [0.2, 0.25) is 6.79 Å². The van der Waals surface area contributed by atoms with Crippen LogP contribution in [0.25, 0.3) is 0 Å². The van der Waals surface area contributed by atoms with E-state index in [0.29, 0.717) is 30.5 Å². The molecule has 1 amide bonds. The van der Waals surface area contributed by atoms with Gasteiger partial charge in [0.15, 0.2) is 11.5 Å². The van der Waals surface area contributed by atoms with E-state index in [9.17, 15) is 4.79 Å². The van der Waals surface area contributed by atoms with Crippen LogP contribution in [0.15, 0.2) is 18.2 Å². The minimum atomic E-state index is -0.116. The van der Waals surface area contributed by atoms with Crippen molar-refractivity contribution in [1.82, 2.24) is 15.3 Å². The molecule has 8 heteroatoms. The maximum absolute atomic E-state index is 12.4. The number of ether oxygens (including phenoxy) is 2. The van der Waals surface area contributed by atoms with Gasteiger partial charge in [-0.3, -0.25) is 4.79 Å². The molecule has 3 aliphatic rings. The molecular formula is C19H20N4O3S. The van der Waals surface area contributed by atoms with E-state index in [2.05, 4.69) is 15.6 Å². The summed E-state index contributed by atoms with van der Waals surface area (Å²) in [4.78, 5) is 21.7. The number of thioether (sulfide) groups is 1. The predicted molar refractivity (Wildman–Crippen MR) is 103 cm³/mol. The number of benzene rings is 1. The first kappa shape index (κ1) is 16.7. The monoisotopic (exact) mass is 384 g/mol. The normalized spacial score (nSPS) is 20.3. The van der Waals surface area contributed by atoms with Gasteiger partial charge in [0.1, 0.15) is 17.3 Å². The molecule has 7 nitrogen and oxygen atoms in total. The van der Waals surface area contributed by atoms with Crippen LogP contribution in [0.3, 0.4) is 0 Å². The number of rotatable bonds is 4. The highest BCUT2D eigenvalue weighted by Crippen LogP contribution is 2.33. The van der Waals surface area contributed by atoms with Gasteiger partial charge < -0.3 is 20.1 Å². The number of aromatic nitrogens is 2. The van der Waals surface area contributed by atoms with Crippen LogP contribution in [0.4, 0.5) is 5.82 Å². The number of hydrogen-bond donors (Lipinski definition) is 2. The molecular weight excluding hydrogens is 364 g/mol. The van der Waals surface area contributed by atoms with Crippen LogP contribution < -0.4 is 20.1 Å². The Labute approximate surface area is 161 Å². The van der Waals surface area contributed by atoms with Crippen molar-refractivity contribution in [2.75, 3.05) is 30.2 Å². The third-order valence-electron chi connectivity index (χ3n) is 5.00. The van der Waals surface area contributed by atoms with Gasteiger partial charge in [-0.1, -0.05) is 6.07 Å². The second-order valence-electron chi connectivity index (χ2n) is 6.89. The molecule has 5 rings (SSSR count). The number of carbonyl (C=O) groups excluding carboxylic acids is 1. The maximum atomic E-state index is 12.4. The van der Waals surface area contributed by atoms with E-state index in [1.54, 1.807) is 0 Å². The molecule has 140 valence electrons. The summed E-state index contributed by atoms with van der Waals surface area (Å²) >= 11 is 1.95. The third-order valence-corrected chi connectivity index (χ3v) is 6.16. The van der Waals surface area contributed by atoms with E-state index in [-0.39, 0.29) is 12.7 Å². The lowest BCUT2D eigenvalue weighted by atomic mass is 10.0. The molecule has 0 bridgehead atoms. The Hall–Kier alpha value is -2.48. The van der Waals surface area contributed by atoms with Gasteiger partial charge in [-0.15, -0.1) is 0 Å². The number of nitrogens with one attached hydrogen (secondary N) is 2. The molecule has 0 aliphatic carbocycles. The van der Waals surface area contributed by atoms with Crippen molar-refractivity contribution in [3.05, 3.63) is 40.8 Å². The Morgan fingerprint density at radius 3 is 3.07 bits per heavy atom. The number of nitrogens with zero attached hydrogens (tertiary/aromatic N) is 2. The SMILES string of the molecule is O=C1NCCc2c(NC3CCSC3)nc(Cc3ccc4c(c3)OCO4)nc21. The highest BCUT2D eigenvalue weighted by atomic mass is 32.2. The van der Waals surface area contributed by atoms with Crippen molar-refractivity contribution in [2.24, 2.45) is 0 Å². The van der Waals surface area contributed by atoms with Crippen LogP contribution in [-0.4, -0.2) is 46.8 Å². The number of fused-ring (bicyclic) bond motifs is 2. The average Bonchev–Trinajstić information content (AvgIpc) is 3.34. The van der Waals surface area contributed by atoms with Crippen molar-refractivity contribution in [3.8, 4) is 11.5 Å². The van der Waals surface area contributed by atoms with Crippen molar-refractivity contribution in [1.29, 1.82) is 0 Å². The molecule has 2 N–H and O–H groups in total. The summed E-state index contributed by atoms with van der Waals surface area (Å²) in [6.45, 7) is 0.882. The van der Waals surface area contributed by atoms with Crippen molar-refractivity contribution >= 4 is 23.5 Å². The number of anilines is 1. The van der Waals surface area contributed by atoms with Crippen LogP contribution in [-0.2, 0) is 12.8 Å². The summed E-state index contributed by atoms with van der Waals surface area (Å²) in [5, 5.41) is 6.45. The van der Waals surface area contributed by atoms with Gasteiger partial charge in [0.05, 0.1) is 0 Å². The average molecular weight is 384 g/mol. The van der Waals surface area contributed by atoms with Gasteiger partial charge in [0.25, 0.3) is 5.91 Å². The standard InChI is InChI=1S/C19H20N4O3S/c24-19-17-13(3-5-20-19)18(21-12-4-6-27-9-12)23-16(22-17)8-11-1-2-14-15(7-11)26-10-25-14/h1-2,7,12H,3-6,8-10H2,(H,20,24)(H,21,22,23). The fourth-order valence-electron chi connectivity index (χ4n) is 3.61. The molecule has 4 heterocycles. The molecule has 3 aliphatic heterocycles. The number of hydrogen-bond acceptors (Lipinski definition) is 7. The second-order valence-corrected chi connectivity index (χ2v) is 8.04. The first-order chi connectivity index (χ1) is 13.3. The third kappa shape index (κ3) is 3.29. The van der Waals surface area contributed by atoms with Crippen LogP contribution in [0.1, 0.15) is 33.9 Å². The van der Waals surface area contributed by atoms with E-state index in [4.69, 9.17) is 14.5 Å². The lowest BCUT2D eigenvalue weighted by molar-refractivity contribution is 0.0940. The minimum absolute atomic E-state index is 0.116. The topological polar surface area (TPSA) is 85.4 Å². The quantitative estimate of drug-likeness (QED) is 0.834. The first-order valence-electron chi connectivity index (χ1n) is 9.17. The van der Waals surface area contributed by atoms with Crippen LogP contribution in [0.5, 0.6) is 11.5 Å². The molecule has 27 heavy (non-hydrogen) atoms. The van der Waals surface area contributed by atoms with Crippen molar-refractivity contribution in [3.63, 3.8) is 0 Å². The fourth-order valence-corrected chi connectivity index (χ4v) is 4.77. The summed E-state index contributed by atoms with van der Waals surface area (Å²) in [6, 6.07) is 6.23. The molecule has 2 aromatic rings. The Morgan fingerprint density at radius 1 is 1.26 bits per heavy atom. The Kier molecular flexibility index (Phi) is 4.27. The van der Waals surface area contributed by atoms with E-state index in [1.807, 2.05) is 30.0 Å². The Balaban J connectivity index is 1.48. The zero-order valence-electron chi connectivity index (χ0n) is 14.8. The lowest BCUT2D eigenvalue weighted by Gasteiger charge is -2.22. The van der Waals surface area contributed by atoms with Crippen molar-refractivity contribution < 1.29 is 14.3 Å². The predicted octanol–water partition coefficient (Wildman–Crippen LogP) is 2.00. The molecule has 1 aromatic heterocycles. The highest BCUT2D eigenvalue weighted by Gasteiger charge is 2.26. The maximum Gasteiger partial charge on any atom is 0.270 e. The molecule has 0 radical (unpaired) electrons. The van der Waals surface area contributed by atoms with Gasteiger partial charge in [-0.2, -0.15) is 11.8 Å². The molecule has 1 atom stereocenters. The number of amides is 1. The summed E-state index contributed by atoms with van der Waals surface area (Å²) < 4.78 is 10.8. The smallest absolute Gasteiger partial charge is 0.270 e. The fraction of sp³-hybridized carbons (Fsp3) is 0.421. The Morgan fingerprint density at radius 2 is 2.19 bits per heavy atom. The van der Waals surface area contributed by atoms with E-state index >= 15 is 0 Å². The molecule has 1 aromatic carbocycles. The van der Waals surface area contributed by atoms with E-state index < -0.39 is 0 Å². The summed E-state index contributed by atoms with van der Waals surface area (Å²) in [5.41, 5.74) is 2.46. The lowest BCUT2D eigenvalue weighted by Crippen LogP contribution is -2.35. The van der Waals surface area contributed by atoms with Crippen LogP contribution >= 0.6 is 11.8 Å². The molecule has 1 fully saturated rings. The molecule has 0 spiro atoms. The zero-order valence-corrected chi connectivity index (χ0v) is 15.6. The van der Waals surface area contributed by atoms with E-state index in [1.165, 1.54) is 0 Å². The second kappa shape index (κ2) is 6.92. The first-order valence-corrected chi connectivity index (χ1v) is 10.3. The minimum Gasteiger partial charge on any atom is -0.454 e. The van der Waals surface area contributed by atoms with Crippen LogP contribution in [0, 0.1) is 0 Å². The van der Waals surface area contributed by atoms with Gasteiger partial charge in [-0.05, 0) is 36.3 Å². The number of carbonyl (C=O) groups is 1. The highest BCUT2D eigenvalue weighted by molar-refractivity contribution is 7.99. The summed E-state index contributed by atoms with van der Waals surface area (Å²) in [5.74, 6) is 5.07. The van der Waals surface area contributed by atoms with Crippen LogP contribution in [0.2, 0.25) is 0 Å². The van der Waals surface area contributed by atoms with Crippen molar-refractivity contribution in [2.45, 2.75) is 25.3 Å². The molecule has 0 saturated carbocycles. The summed E-state index contributed by atoms with van der Waals surface area (Å²) in [7, 11) is 0. The van der Waals surface area contributed by atoms with Gasteiger partial charge in [0, 0.05) is 30.3 Å². The Bertz CT molecular complexity index is 899. The zero-order chi connectivity index (χ0) is 18.2. The largest absolute Gasteiger partial charge is 0.454 e. The summed E-state index contributed by atoms with van der Waals surface area (Å²) in [6.07, 6.45) is 2.41. The van der Waals surface area contributed by atoms with Gasteiger partial charge >= 0.3 is 0 Å². The molecule has 1 unspecified atom stereocenters.